The van der Waals surface area contributed by atoms with Gasteiger partial charge in [0.25, 0.3) is 5.91 Å². The van der Waals surface area contributed by atoms with Crippen molar-refractivity contribution in [2.75, 3.05) is 20.8 Å². The van der Waals surface area contributed by atoms with Crippen LogP contribution in [0.25, 0.3) is 0 Å². The Morgan fingerprint density at radius 3 is 2.45 bits per heavy atom. The van der Waals surface area contributed by atoms with Crippen LogP contribution in [-0.4, -0.2) is 26.7 Å². The third-order valence-corrected chi connectivity index (χ3v) is 3.26. The average Bonchev–Trinajstić information content (AvgIpc) is 2.55. The monoisotopic (exact) mass is 303 g/mol. The number of para-hydroxylation sites is 1. The minimum atomic E-state index is -0.270. The predicted octanol–water partition coefficient (Wildman–Crippen LogP) is 2.82. The molecule has 2 aromatic rings. The van der Waals surface area contributed by atoms with Crippen molar-refractivity contribution in [2.24, 2.45) is 0 Å². The molecule has 0 aliphatic rings. The Balaban J connectivity index is 1.99. The van der Waals surface area contributed by atoms with Gasteiger partial charge in [-0.15, -0.1) is 0 Å². The van der Waals surface area contributed by atoms with Gasteiger partial charge in [-0.3, -0.25) is 4.79 Å². The van der Waals surface area contributed by atoms with Crippen molar-refractivity contribution >= 4 is 5.91 Å². The molecule has 0 saturated carbocycles. The molecule has 0 aliphatic carbocycles. The number of rotatable bonds is 6. The van der Waals surface area contributed by atoms with E-state index in [1.807, 2.05) is 0 Å². The summed E-state index contributed by atoms with van der Waals surface area (Å²) in [5, 5.41) is 2.82. The van der Waals surface area contributed by atoms with Crippen molar-refractivity contribution in [1.82, 2.24) is 5.32 Å². The molecule has 0 heterocycles. The van der Waals surface area contributed by atoms with E-state index < -0.39 is 0 Å². The average molecular weight is 303 g/mol. The van der Waals surface area contributed by atoms with E-state index in [1.54, 1.807) is 30.3 Å². The van der Waals surface area contributed by atoms with E-state index in [0.29, 0.717) is 30.0 Å². The summed E-state index contributed by atoms with van der Waals surface area (Å²) in [7, 11) is 3.02. The first-order valence-corrected chi connectivity index (χ1v) is 6.89. The molecule has 0 aromatic heterocycles. The van der Waals surface area contributed by atoms with Crippen molar-refractivity contribution in [3.63, 3.8) is 0 Å². The normalized spacial score (nSPS) is 10.1. The maximum Gasteiger partial charge on any atom is 0.255 e. The van der Waals surface area contributed by atoms with Gasteiger partial charge in [-0.05, 0) is 36.2 Å². The van der Waals surface area contributed by atoms with E-state index in [1.165, 1.54) is 26.4 Å². The second-order valence-corrected chi connectivity index (χ2v) is 4.67. The molecule has 0 fully saturated rings. The molecule has 2 aromatic carbocycles. The number of nitrogens with one attached hydrogen (secondary N) is 1. The third kappa shape index (κ3) is 3.75. The maximum absolute atomic E-state index is 12.8. The largest absolute Gasteiger partial charge is 0.493 e. The number of methoxy groups -OCH3 is 2. The summed E-state index contributed by atoms with van der Waals surface area (Å²) in [6, 6.07) is 11.4. The number of hydrogen-bond donors (Lipinski definition) is 1. The molecular formula is C17H18FNO3. The van der Waals surface area contributed by atoms with Gasteiger partial charge >= 0.3 is 0 Å². The summed E-state index contributed by atoms with van der Waals surface area (Å²) in [4.78, 5) is 12.2. The highest BCUT2D eigenvalue weighted by molar-refractivity contribution is 5.97. The van der Waals surface area contributed by atoms with Crippen LogP contribution in [0.1, 0.15) is 15.9 Å². The molecule has 5 heteroatoms. The smallest absolute Gasteiger partial charge is 0.255 e. The van der Waals surface area contributed by atoms with Crippen LogP contribution in [0.2, 0.25) is 0 Å². The number of carbonyl (C=O) groups excluding carboxylic acids is 1. The summed E-state index contributed by atoms with van der Waals surface area (Å²) in [6.45, 7) is 0.449. The molecule has 1 N–H and O–H groups in total. The van der Waals surface area contributed by atoms with Gasteiger partial charge in [-0.25, -0.2) is 4.39 Å². The highest BCUT2D eigenvalue weighted by atomic mass is 19.1. The van der Waals surface area contributed by atoms with Gasteiger partial charge in [0.15, 0.2) is 11.5 Å². The Morgan fingerprint density at radius 2 is 1.82 bits per heavy atom. The molecule has 0 radical (unpaired) electrons. The number of amides is 1. The van der Waals surface area contributed by atoms with Crippen LogP contribution in [0.4, 0.5) is 4.39 Å². The van der Waals surface area contributed by atoms with E-state index in [2.05, 4.69) is 5.32 Å². The molecule has 116 valence electrons. The molecule has 22 heavy (non-hydrogen) atoms. The Bertz CT molecular complexity index is 641. The fraction of sp³-hybridized carbons (Fsp3) is 0.235. The van der Waals surface area contributed by atoms with E-state index in [0.717, 1.165) is 5.56 Å². The number of carbonyl (C=O) groups is 1. The highest BCUT2D eigenvalue weighted by Gasteiger charge is 2.15. The number of ether oxygens (including phenoxy) is 2. The zero-order chi connectivity index (χ0) is 15.9. The van der Waals surface area contributed by atoms with Crippen LogP contribution >= 0.6 is 0 Å². The summed E-state index contributed by atoms with van der Waals surface area (Å²) in [5.74, 6) is 0.407. The van der Waals surface area contributed by atoms with Crippen LogP contribution in [0.3, 0.4) is 0 Å². The van der Waals surface area contributed by atoms with Gasteiger partial charge in [0.05, 0.1) is 19.8 Å². The molecule has 0 aliphatic heterocycles. The molecule has 4 nitrogen and oxygen atoms in total. The molecule has 0 bridgehead atoms. The Hall–Kier alpha value is -2.56. The van der Waals surface area contributed by atoms with Crippen LogP contribution in [-0.2, 0) is 6.42 Å². The third-order valence-electron chi connectivity index (χ3n) is 3.26. The van der Waals surface area contributed by atoms with Crippen molar-refractivity contribution in [1.29, 1.82) is 0 Å². The number of halogens is 1. The lowest BCUT2D eigenvalue weighted by Crippen LogP contribution is -2.26. The molecule has 0 saturated heterocycles. The van der Waals surface area contributed by atoms with Gasteiger partial charge in [-0.1, -0.05) is 18.2 Å². The van der Waals surface area contributed by atoms with E-state index in [4.69, 9.17) is 9.47 Å². The van der Waals surface area contributed by atoms with Crippen LogP contribution in [0.15, 0.2) is 42.5 Å². The van der Waals surface area contributed by atoms with Crippen LogP contribution < -0.4 is 14.8 Å². The quantitative estimate of drug-likeness (QED) is 0.892. The predicted molar refractivity (Wildman–Crippen MR) is 82.0 cm³/mol. The van der Waals surface area contributed by atoms with Gasteiger partial charge in [0, 0.05) is 6.54 Å². The second kappa shape index (κ2) is 7.45. The molecule has 0 spiro atoms. The van der Waals surface area contributed by atoms with E-state index in [-0.39, 0.29) is 11.7 Å². The van der Waals surface area contributed by atoms with Crippen LogP contribution in [0.5, 0.6) is 11.5 Å². The summed E-state index contributed by atoms with van der Waals surface area (Å²) in [5.41, 5.74) is 1.38. The minimum absolute atomic E-state index is 0.238. The Morgan fingerprint density at radius 1 is 1.09 bits per heavy atom. The van der Waals surface area contributed by atoms with Crippen molar-refractivity contribution < 1.29 is 18.7 Å². The molecule has 2 rings (SSSR count). The molecule has 0 atom stereocenters. The summed E-state index contributed by atoms with van der Waals surface area (Å²) < 4.78 is 23.2. The van der Waals surface area contributed by atoms with Crippen molar-refractivity contribution in [3.8, 4) is 11.5 Å². The Labute approximate surface area is 128 Å². The summed E-state index contributed by atoms with van der Waals surface area (Å²) in [6.07, 6.45) is 0.623. The van der Waals surface area contributed by atoms with Gasteiger partial charge in [0.1, 0.15) is 5.82 Å². The second-order valence-electron chi connectivity index (χ2n) is 4.67. The lowest BCUT2D eigenvalue weighted by Gasteiger charge is -2.12. The SMILES string of the molecule is COc1cccc(C(=O)NCCc2ccc(F)cc2)c1OC. The van der Waals surface area contributed by atoms with Crippen molar-refractivity contribution in [3.05, 3.63) is 59.4 Å². The number of hydrogen-bond acceptors (Lipinski definition) is 3. The zero-order valence-electron chi connectivity index (χ0n) is 12.6. The first-order chi connectivity index (χ1) is 10.7. The minimum Gasteiger partial charge on any atom is -0.493 e. The van der Waals surface area contributed by atoms with Gasteiger partial charge < -0.3 is 14.8 Å². The van der Waals surface area contributed by atoms with Gasteiger partial charge in [-0.2, -0.15) is 0 Å². The highest BCUT2D eigenvalue weighted by Crippen LogP contribution is 2.30. The Kier molecular flexibility index (Phi) is 5.36. The lowest BCUT2D eigenvalue weighted by molar-refractivity contribution is 0.0950. The maximum atomic E-state index is 12.8. The molecular weight excluding hydrogens is 285 g/mol. The zero-order valence-corrected chi connectivity index (χ0v) is 12.6. The van der Waals surface area contributed by atoms with Crippen LogP contribution in [0, 0.1) is 5.82 Å². The van der Waals surface area contributed by atoms with Gasteiger partial charge in [0.2, 0.25) is 0 Å². The molecule has 0 unspecified atom stereocenters. The van der Waals surface area contributed by atoms with Crippen molar-refractivity contribution in [2.45, 2.75) is 6.42 Å². The van der Waals surface area contributed by atoms with E-state index >= 15 is 0 Å². The standard InChI is InChI=1S/C17H18FNO3/c1-21-15-5-3-4-14(16(15)22-2)17(20)19-11-10-12-6-8-13(18)9-7-12/h3-9H,10-11H2,1-2H3,(H,19,20). The van der Waals surface area contributed by atoms with E-state index in [9.17, 15) is 9.18 Å². The topological polar surface area (TPSA) is 47.6 Å². The fourth-order valence-electron chi connectivity index (χ4n) is 2.13. The fourth-order valence-corrected chi connectivity index (χ4v) is 2.13. The first-order valence-electron chi connectivity index (χ1n) is 6.89. The first kappa shape index (κ1) is 15.8. The lowest BCUT2D eigenvalue weighted by atomic mass is 10.1. The number of benzene rings is 2. The molecule has 1 amide bonds. The summed E-state index contributed by atoms with van der Waals surface area (Å²) >= 11 is 0.